The molecule has 0 spiro atoms. The van der Waals surface area contributed by atoms with Crippen molar-refractivity contribution >= 4 is 5.97 Å². The van der Waals surface area contributed by atoms with Crippen molar-refractivity contribution in [2.45, 2.75) is 32.7 Å². The Bertz CT molecular complexity index is 1200. The van der Waals surface area contributed by atoms with E-state index in [1.165, 1.54) is 0 Å². The molecule has 0 unspecified atom stereocenters. The van der Waals surface area contributed by atoms with E-state index >= 15 is 0 Å². The van der Waals surface area contributed by atoms with Crippen LogP contribution in [0.25, 0.3) is 22.5 Å². The molecule has 3 aromatic carbocycles. The van der Waals surface area contributed by atoms with Crippen molar-refractivity contribution in [2.75, 3.05) is 0 Å². The van der Waals surface area contributed by atoms with Gasteiger partial charge in [0, 0.05) is 12.0 Å². The van der Waals surface area contributed by atoms with Crippen LogP contribution in [0.4, 0.5) is 0 Å². The van der Waals surface area contributed by atoms with Gasteiger partial charge in [0.1, 0.15) is 5.82 Å². The van der Waals surface area contributed by atoms with Crippen molar-refractivity contribution in [2.24, 2.45) is 0 Å². The molecule has 156 valence electrons. The standard InChI is InChI=1S/C26H25N3O2/c1-26(2,3)29-23(27-24(28-29)20-9-5-4-6-10-20)17-18-13-15-19(16-14-18)21-11-7-8-12-22(21)25(30)31/h4-16H,17H2,1-3H3,(H,30,31). The van der Waals surface area contributed by atoms with Gasteiger partial charge >= 0.3 is 5.97 Å². The first kappa shape index (κ1) is 20.5. The highest BCUT2D eigenvalue weighted by Gasteiger charge is 2.22. The molecular formula is C26H25N3O2. The van der Waals surface area contributed by atoms with Gasteiger partial charge in [0.2, 0.25) is 0 Å². The van der Waals surface area contributed by atoms with E-state index in [2.05, 4.69) is 20.8 Å². The number of nitrogens with zero attached hydrogens (tertiary/aromatic N) is 3. The van der Waals surface area contributed by atoms with E-state index in [0.29, 0.717) is 17.5 Å². The summed E-state index contributed by atoms with van der Waals surface area (Å²) in [5.41, 5.74) is 3.78. The maximum absolute atomic E-state index is 11.5. The van der Waals surface area contributed by atoms with E-state index in [4.69, 9.17) is 10.1 Å². The second-order valence-corrected chi connectivity index (χ2v) is 8.52. The highest BCUT2D eigenvalue weighted by Crippen LogP contribution is 2.26. The van der Waals surface area contributed by atoms with Crippen LogP contribution in [0, 0.1) is 0 Å². The average molecular weight is 412 g/mol. The lowest BCUT2D eigenvalue weighted by molar-refractivity contribution is 0.0697. The summed E-state index contributed by atoms with van der Waals surface area (Å²) in [6.07, 6.45) is 0.637. The summed E-state index contributed by atoms with van der Waals surface area (Å²) in [6.45, 7) is 6.35. The molecule has 1 aromatic heterocycles. The molecule has 0 fully saturated rings. The van der Waals surface area contributed by atoms with E-state index in [1.807, 2.05) is 71.4 Å². The third-order valence-electron chi connectivity index (χ3n) is 5.13. The number of carboxylic acid groups (broad SMARTS) is 1. The fourth-order valence-corrected chi connectivity index (χ4v) is 3.61. The molecule has 0 saturated heterocycles. The van der Waals surface area contributed by atoms with E-state index in [1.54, 1.807) is 12.1 Å². The topological polar surface area (TPSA) is 68.0 Å². The molecule has 5 nitrogen and oxygen atoms in total. The van der Waals surface area contributed by atoms with Crippen LogP contribution in [0.5, 0.6) is 0 Å². The quantitative estimate of drug-likeness (QED) is 0.460. The highest BCUT2D eigenvalue weighted by atomic mass is 16.4. The second kappa shape index (κ2) is 8.19. The lowest BCUT2D eigenvalue weighted by Gasteiger charge is -2.21. The molecule has 0 aliphatic carbocycles. The Kier molecular flexibility index (Phi) is 5.42. The molecule has 4 aromatic rings. The van der Waals surface area contributed by atoms with Crippen LogP contribution in [-0.2, 0) is 12.0 Å². The van der Waals surface area contributed by atoms with Gasteiger partial charge < -0.3 is 5.11 Å². The molecule has 4 rings (SSSR count). The Hall–Kier alpha value is -3.73. The summed E-state index contributed by atoms with van der Waals surface area (Å²) in [6, 6.07) is 25.0. The van der Waals surface area contributed by atoms with Crippen LogP contribution < -0.4 is 0 Å². The minimum atomic E-state index is -0.925. The molecule has 0 aliphatic heterocycles. The Labute approximate surface area is 182 Å². The minimum Gasteiger partial charge on any atom is -0.478 e. The predicted octanol–water partition coefficient (Wildman–Crippen LogP) is 5.66. The molecular weight excluding hydrogens is 386 g/mol. The maximum Gasteiger partial charge on any atom is 0.336 e. The Balaban J connectivity index is 1.66. The SMILES string of the molecule is CC(C)(C)n1nc(-c2ccccc2)nc1Cc1ccc(-c2ccccc2C(=O)O)cc1. The van der Waals surface area contributed by atoms with Crippen LogP contribution in [0.15, 0.2) is 78.9 Å². The van der Waals surface area contributed by atoms with Gasteiger partial charge in [-0.25, -0.2) is 14.5 Å². The number of aromatic nitrogens is 3. The van der Waals surface area contributed by atoms with Crippen LogP contribution in [-0.4, -0.2) is 25.8 Å². The zero-order chi connectivity index (χ0) is 22.0. The summed E-state index contributed by atoms with van der Waals surface area (Å²) in [5, 5.41) is 14.2. The number of hydrogen-bond acceptors (Lipinski definition) is 3. The Morgan fingerprint density at radius 3 is 2.16 bits per heavy atom. The Morgan fingerprint density at radius 1 is 0.871 bits per heavy atom. The molecule has 0 aliphatic rings. The second-order valence-electron chi connectivity index (χ2n) is 8.52. The molecule has 1 N–H and O–H groups in total. The summed E-state index contributed by atoms with van der Waals surface area (Å²) in [4.78, 5) is 16.4. The fourth-order valence-electron chi connectivity index (χ4n) is 3.61. The first-order valence-electron chi connectivity index (χ1n) is 10.3. The number of hydrogen-bond donors (Lipinski definition) is 1. The Morgan fingerprint density at radius 2 is 1.52 bits per heavy atom. The molecule has 0 saturated carbocycles. The largest absolute Gasteiger partial charge is 0.478 e. The van der Waals surface area contributed by atoms with E-state index < -0.39 is 5.97 Å². The van der Waals surface area contributed by atoms with Gasteiger partial charge in [0.25, 0.3) is 0 Å². The summed E-state index contributed by atoms with van der Waals surface area (Å²) in [5.74, 6) is 0.689. The molecule has 1 heterocycles. The summed E-state index contributed by atoms with van der Waals surface area (Å²) >= 11 is 0. The fraction of sp³-hybridized carbons (Fsp3) is 0.192. The van der Waals surface area contributed by atoms with Crippen molar-refractivity contribution in [3.05, 3.63) is 95.8 Å². The first-order chi connectivity index (χ1) is 14.8. The van der Waals surface area contributed by atoms with Crippen LogP contribution in [0.3, 0.4) is 0 Å². The van der Waals surface area contributed by atoms with Crippen molar-refractivity contribution in [1.82, 2.24) is 14.8 Å². The normalized spacial score (nSPS) is 11.5. The molecule has 0 amide bonds. The van der Waals surface area contributed by atoms with Crippen molar-refractivity contribution < 1.29 is 9.90 Å². The van der Waals surface area contributed by atoms with Gasteiger partial charge in [-0.3, -0.25) is 0 Å². The lowest BCUT2D eigenvalue weighted by atomic mass is 9.98. The third kappa shape index (κ3) is 4.40. The number of carboxylic acids is 1. The molecule has 31 heavy (non-hydrogen) atoms. The third-order valence-corrected chi connectivity index (χ3v) is 5.13. The summed E-state index contributed by atoms with van der Waals surface area (Å²) in [7, 11) is 0. The van der Waals surface area contributed by atoms with Crippen LogP contribution in [0.2, 0.25) is 0 Å². The van der Waals surface area contributed by atoms with Gasteiger partial charge in [0.05, 0.1) is 11.1 Å². The summed E-state index contributed by atoms with van der Waals surface area (Å²) < 4.78 is 1.99. The van der Waals surface area contributed by atoms with Crippen LogP contribution in [0.1, 0.15) is 42.5 Å². The average Bonchev–Trinajstić information content (AvgIpc) is 3.19. The molecule has 0 radical (unpaired) electrons. The van der Waals surface area contributed by atoms with Gasteiger partial charge in [-0.05, 0) is 43.5 Å². The minimum absolute atomic E-state index is 0.199. The zero-order valence-corrected chi connectivity index (χ0v) is 17.9. The van der Waals surface area contributed by atoms with E-state index in [-0.39, 0.29) is 5.54 Å². The maximum atomic E-state index is 11.5. The monoisotopic (exact) mass is 411 g/mol. The number of aromatic carboxylic acids is 1. The molecule has 0 bridgehead atoms. The number of benzene rings is 3. The van der Waals surface area contributed by atoms with E-state index in [0.717, 1.165) is 28.3 Å². The highest BCUT2D eigenvalue weighted by molar-refractivity contribution is 5.95. The smallest absolute Gasteiger partial charge is 0.336 e. The zero-order valence-electron chi connectivity index (χ0n) is 17.9. The first-order valence-corrected chi connectivity index (χ1v) is 10.3. The van der Waals surface area contributed by atoms with Crippen molar-refractivity contribution in [3.63, 3.8) is 0 Å². The van der Waals surface area contributed by atoms with Crippen LogP contribution >= 0.6 is 0 Å². The molecule has 5 heteroatoms. The van der Waals surface area contributed by atoms with Gasteiger partial charge in [-0.2, -0.15) is 5.10 Å². The van der Waals surface area contributed by atoms with Gasteiger partial charge in [-0.15, -0.1) is 0 Å². The van der Waals surface area contributed by atoms with E-state index in [9.17, 15) is 9.90 Å². The van der Waals surface area contributed by atoms with Gasteiger partial charge in [-0.1, -0.05) is 72.8 Å². The van der Waals surface area contributed by atoms with Crippen molar-refractivity contribution in [1.29, 1.82) is 0 Å². The lowest BCUT2D eigenvalue weighted by Crippen LogP contribution is -2.25. The number of rotatable bonds is 5. The molecule has 0 atom stereocenters. The number of carbonyl (C=O) groups is 1. The predicted molar refractivity (Wildman–Crippen MR) is 122 cm³/mol. The van der Waals surface area contributed by atoms with Gasteiger partial charge in [0.15, 0.2) is 5.82 Å². The van der Waals surface area contributed by atoms with Crippen molar-refractivity contribution in [3.8, 4) is 22.5 Å².